The number of imidazole rings is 1. The lowest BCUT2D eigenvalue weighted by Gasteiger charge is -2.00. The second kappa shape index (κ2) is 3.31. The summed E-state index contributed by atoms with van der Waals surface area (Å²) in [5, 5.41) is 0.530. The lowest BCUT2D eigenvalue weighted by atomic mass is 10.2. The van der Waals surface area contributed by atoms with Crippen molar-refractivity contribution in [1.29, 1.82) is 0 Å². The molecule has 4 nitrogen and oxygen atoms in total. The van der Waals surface area contributed by atoms with Crippen LogP contribution < -0.4 is 5.73 Å². The zero-order valence-electron chi connectivity index (χ0n) is 7.61. The first kappa shape index (κ1) is 9.02. The van der Waals surface area contributed by atoms with Gasteiger partial charge in [0.05, 0.1) is 17.0 Å². The van der Waals surface area contributed by atoms with Gasteiger partial charge < -0.3 is 10.3 Å². The van der Waals surface area contributed by atoms with E-state index in [9.17, 15) is 0 Å². The Morgan fingerprint density at radius 3 is 2.79 bits per heavy atom. The molecule has 2 rings (SSSR count). The molecule has 2 N–H and O–H groups in total. The van der Waals surface area contributed by atoms with Crippen LogP contribution in [-0.2, 0) is 7.05 Å². The molecule has 0 bridgehead atoms. The Balaban J connectivity index is 2.52. The molecule has 72 valence electrons. The van der Waals surface area contributed by atoms with Gasteiger partial charge in [0.15, 0.2) is 0 Å². The first-order valence-electron chi connectivity index (χ1n) is 4.06. The fraction of sp³-hybridized carbons (Fsp3) is 0.111. The highest BCUT2D eigenvalue weighted by Gasteiger charge is 2.06. The van der Waals surface area contributed by atoms with E-state index in [4.69, 9.17) is 17.3 Å². The van der Waals surface area contributed by atoms with E-state index in [2.05, 4.69) is 9.97 Å². The Labute approximate surface area is 86.4 Å². The van der Waals surface area contributed by atoms with Gasteiger partial charge in [0.1, 0.15) is 11.4 Å². The van der Waals surface area contributed by atoms with Crippen molar-refractivity contribution in [2.75, 3.05) is 5.73 Å². The predicted octanol–water partition coefficient (Wildman–Crippen LogP) is 1.72. The van der Waals surface area contributed by atoms with Crippen LogP contribution >= 0.6 is 11.6 Å². The Morgan fingerprint density at radius 1 is 1.43 bits per heavy atom. The van der Waals surface area contributed by atoms with E-state index < -0.39 is 0 Å². The molecule has 2 heterocycles. The van der Waals surface area contributed by atoms with Gasteiger partial charge in [-0.25, -0.2) is 4.98 Å². The third-order valence-electron chi connectivity index (χ3n) is 1.83. The maximum atomic E-state index is 5.77. The summed E-state index contributed by atoms with van der Waals surface area (Å²) < 4.78 is 1.84. The maximum Gasteiger partial charge on any atom is 0.113 e. The van der Waals surface area contributed by atoms with Crippen molar-refractivity contribution in [3.8, 4) is 11.4 Å². The van der Waals surface area contributed by atoms with Crippen LogP contribution in [0.3, 0.4) is 0 Å². The van der Waals surface area contributed by atoms with Crippen LogP contribution in [0.1, 0.15) is 0 Å². The second-order valence-electron chi connectivity index (χ2n) is 3.02. The number of aromatic nitrogens is 3. The van der Waals surface area contributed by atoms with Crippen molar-refractivity contribution in [2.24, 2.45) is 7.05 Å². The molecule has 0 aliphatic heterocycles. The van der Waals surface area contributed by atoms with Crippen LogP contribution in [0.25, 0.3) is 11.4 Å². The fourth-order valence-corrected chi connectivity index (χ4v) is 1.37. The molecule has 0 spiro atoms. The third-order valence-corrected chi connectivity index (χ3v) is 2.04. The highest BCUT2D eigenvalue weighted by molar-refractivity contribution is 6.30. The molecule has 14 heavy (non-hydrogen) atoms. The number of nitrogens with two attached hydrogens (primary N) is 1. The Bertz CT molecular complexity index is 464. The summed E-state index contributed by atoms with van der Waals surface area (Å²) in [7, 11) is 1.89. The number of hydrogen-bond acceptors (Lipinski definition) is 3. The number of pyridine rings is 1. The molecule has 0 aromatic carbocycles. The van der Waals surface area contributed by atoms with Gasteiger partial charge in [0, 0.05) is 19.4 Å². The molecular weight excluding hydrogens is 200 g/mol. The van der Waals surface area contributed by atoms with Gasteiger partial charge >= 0.3 is 0 Å². The van der Waals surface area contributed by atoms with Gasteiger partial charge in [-0.05, 0) is 6.07 Å². The summed E-state index contributed by atoms with van der Waals surface area (Å²) in [4.78, 5) is 8.28. The summed E-state index contributed by atoms with van der Waals surface area (Å²) in [6.45, 7) is 0. The molecule has 0 atom stereocenters. The highest BCUT2D eigenvalue weighted by Crippen LogP contribution is 2.23. The summed E-state index contributed by atoms with van der Waals surface area (Å²) in [5.41, 5.74) is 7.72. The summed E-state index contributed by atoms with van der Waals surface area (Å²) in [6.07, 6.45) is 5.11. The molecule has 5 heteroatoms. The van der Waals surface area contributed by atoms with E-state index in [0.717, 1.165) is 5.69 Å². The number of hydrogen-bond donors (Lipinski definition) is 1. The highest BCUT2D eigenvalue weighted by atomic mass is 35.5. The Kier molecular flexibility index (Phi) is 2.13. The largest absolute Gasteiger partial charge is 0.397 e. The van der Waals surface area contributed by atoms with Crippen molar-refractivity contribution in [1.82, 2.24) is 14.5 Å². The number of nitrogens with zero attached hydrogens (tertiary/aromatic N) is 3. The van der Waals surface area contributed by atoms with E-state index in [1.807, 2.05) is 17.8 Å². The van der Waals surface area contributed by atoms with Gasteiger partial charge in [-0.2, -0.15) is 0 Å². The quantitative estimate of drug-likeness (QED) is 0.777. The topological polar surface area (TPSA) is 56.7 Å². The normalized spacial score (nSPS) is 10.4. The molecule has 0 radical (unpaired) electrons. The third kappa shape index (κ3) is 1.56. The van der Waals surface area contributed by atoms with Crippen molar-refractivity contribution in [3.05, 3.63) is 29.8 Å². The van der Waals surface area contributed by atoms with Crippen LogP contribution in [0.15, 0.2) is 24.8 Å². The average molecular weight is 209 g/mol. The van der Waals surface area contributed by atoms with Crippen LogP contribution in [0.4, 0.5) is 5.69 Å². The molecule has 0 unspecified atom stereocenters. The standard InChI is InChI=1S/C9H9ClN4/c1-14-4-8(13-5-14)9-7(11)2-6(10)3-12-9/h2-5H,11H2,1H3. The maximum absolute atomic E-state index is 5.77. The molecule has 0 amide bonds. The number of rotatable bonds is 1. The number of halogens is 1. The number of nitrogen functional groups attached to an aromatic ring is 1. The number of aryl methyl sites for hydroxylation is 1. The van der Waals surface area contributed by atoms with Crippen LogP contribution in [0.2, 0.25) is 5.02 Å². The predicted molar refractivity (Wildman–Crippen MR) is 55.9 cm³/mol. The second-order valence-corrected chi connectivity index (χ2v) is 3.45. The summed E-state index contributed by atoms with van der Waals surface area (Å²) >= 11 is 5.74. The minimum absolute atomic E-state index is 0.530. The summed E-state index contributed by atoms with van der Waals surface area (Å²) in [6, 6.07) is 1.67. The monoisotopic (exact) mass is 208 g/mol. The van der Waals surface area contributed by atoms with E-state index in [0.29, 0.717) is 16.4 Å². The smallest absolute Gasteiger partial charge is 0.113 e. The first-order valence-corrected chi connectivity index (χ1v) is 4.44. The van der Waals surface area contributed by atoms with E-state index in [1.54, 1.807) is 18.6 Å². The molecule has 2 aromatic rings. The van der Waals surface area contributed by atoms with E-state index in [1.165, 1.54) is 0 Å². The van der Waals surface area contributed by atoms with Crippen molar-refractivity contribution in [3.63, 3.8) is 0 Å². The van der Waals surface area contributed by atoms with Crippen molar-refractivity contribution in [2.45, 2.75) is 0 Å². The zero-order valence-corrected chi connectivity index (χ0v) is 8.36. The van der Waals surface area contributed by atoms with Crippen LogP contribution in [0, 0.1) is 0 Å². The number of anilines is 1. The van der Waals surface area contributed by atoms with E-state index in [-0.39, 0.29) is 0 Å². The van der Waals surface area contributed by atoms with Gasteiger partial charge in [0.2, 0.25) is 0 Å². The van der Waals surface area contributed by atoms with E-state index >= 15 is 0 Å². The average Bonchev–Trinajstić information content (AvgIpc) is 2.51. The minimum Gasteiger partial charge on any atom is -0.397 e. The van der Waals surface area contributed by atoms with Crippen LogP contribution in [-0.4, -0.2) is 14.5 Å². The molecule has 2 aromatic heterocycles. The molecule has 0 saturated heterocycles. The SMILES string of the molecule is Cn1cnc(-c2ncc(Cl)cc2N)c1. The molecule has 0 fully saturated rings. The lowest BCUT2D eigenvalue weighted by molar-refractivity contribution is 0.913. The zero-order chi connectivity index (χ0) is 10.1. The molecule has 0 aliphatic rings. The molecular formula is C9H9ClN4. The fourth-order valence-electron chi connectivity index (χ4n) is 1.20. The van der Waals surface area contributed by atoms with Gasteiger partial charge in [-0.1, -0.05) is 11.6 Å². The van der Waals surface area contributed by atoms with Gasteiger partial charge in [-0.3, -0.25) is 4.98 Å². The summed E-state index contributed by atoms with van der Waals surface area (Å²) in [5.74, 6) is 0. The van der Waals surface area contributed by atoms with Crippen LogP contribution in [0.5, 0.6) is 0 Å². The van der Waals surface area contributed by atoms with Crippen molar-refractivity contribution < 1.29 is 0 Å². The first-order chi connectivity index (χ1) is 6.66. The minimum atomic E-state index is 0.530. The Morgan fingerprint density at radius 2 is 2.21 bits per heavy atom. The lowest BCUT2D eigenvalue weighted by Crippen LogP contribution is -1.93. The molecule has 0 aliphatic carbocycles. The van der Waals surface area contributed by atoms with Gasteiger partial charge in [0.25, 0.3) is 0 Å². The van der Waals surface area contributed by atoms with Crippen molar-refractivity contribution >= 4 is 17.3 Å². The Hall–Kier alpha value is -1.55. The van der Waals surface area contributed by atoms with Gasteiger partial charge in [-0.15, -0.1) is 0 Å². The molecule has 0 saturated carbocycles.